The third-order valence-corrected chi connectivity index (χ3v) is 5.62. The van der Waals surface area contributed by atoms with Gasteiger partial charge in [0.1, 0.15) is 6.54 Å². The van der Waals surface area contributed by atoms with E-state index in [0.717, 1.165) is 42.4 Å². The van der Waals surface area contributed by atoms with E-state index >= 15 is 0 Å². The molecule has 0 bridgehead atoms. The minimum absolute atomic E-state index is 0.0344. The Hall–Kier alpha value is -2.95. The number of aromatic nitrogens is 2. The number of rotatable bonds is 5. The monoisotopic (exact) mass is 389 g/mol. The Balaban J connectivity index is 1.58. The fourth-order valence-electron chi connectivity index (χ4n) is 3.99. The zero-order valence-corrected chi connectivity index (χ0v) is 17.1. The SMILES string of the molecule is Cc1ccc(C(=O)N(Cc2nc(-c3cccc(C)c3)no2)C2CCCCC2)cc1. The highest BCUT2D eigenvalue weighted by atomic mass is 16.5. The normalized spacial score (nSPS) is 14.7. The summed E-state index contributed by atoms with van der Waals surface area (Å²) in [5.41, 5.74) is 3.92. The van der Waals surface area contributed by atoms with Crippen molar-refractivity contribution >= 4 is 5.91 Å². The number of nitrogens with zero attached hydrogens (tertiary/aromatic N) is 3. The summed E-state index contributed by atoms with van der Waals surface area (Å²) in [6.45, 7) is 4.41. The van der Waals surface area contributed by atoms with Crippen LogP contribution in [0.2, 0.25) is 0 Å². The summed E-state index contributed by atoms with van der Waals surface area (Å²) in [4.78, 5) is 19.8. The first kappa shape index (κ1) is 19.4. The van der Waals surface area contributed by atoms with Gasteiger partial charge in [-0.05, 0) is 44.9 Å². The first-order chi connectivity index (χ1) is 14.1. The quantitative estimate of drug-likeness (QED) is 0.592. The van der Waals surface area contributed by atoms with Crippen molar-refractivity contribution in [3.05, 3.63) is 71.1 Å². The highest BCUT2D eigenvalue weighted by Crippen LogP contribution is 2.26. The number of hydrogen-bond donors (Lipinski definition) is 0. The van der Waals surface area contributed by atoms with Crippen LogP contribution >= 0.6 is 0 Å². The first-order valence-corrected chi connectivity index (χ1v) is 10.4. The summed E-state index contributed by atoms with van der Waals surface area (Å²) < 4.78 is 5.53. The predicted molar refractivity (Wildman–Crippen MR) is 112 cm³/mol. The van der Waals surface area contributed by atoms with Crippen LogP contribution in [0, 0.1) is 13.8 Å². The van der Waals surface area contributed by atoms with Crippen LogP contribution in [0.15, 0.2) is 53.1 Å². The van der Waals surface area contributed by atoms with Gasteiger partial charge < -0.3 is 9.42 Å². The smallest absolute Gasteiger partial charge is 0.254 e. The van der Waals surface area contributed by atoms with Crippen molar-refractivity contribution in [3.63, 3.8) is 0 Å². The lowest BCUT2D eigenvalue weighted by Crippen LogP contribution is -2.41. The standard InChI is InChI=1S/C24H27N3O2/c1-17-11-13-19(14-12-17)24(28)27(21-9-4-3-5-10-21)16-22-25-23(26-29-22)20-8-6-7-18(2)15-20/h6-8,11-15,21H,3-5,9-10,16H2,1-2H3. The fraction of sp³-hybridized carbons (Fsp3) is 0.375. The van der Waals surface area contributed by atoms with Crippen LogP contribution in [0.25, 0.3) is 11.4 Å². The van der Waals surface area contributed by atoms with Crippen LogP contribution < -0.4 is 0 Å². The molecule has 5 nitrogen and oxygen atoms in total. The van der Waals surface area contributed by atoms with Crippen LogP contribution in [0.4, 0.5) is 0 Å². The number of amides is 1. The average molecular weight is 389 g/mol. The van der Waals surface area contributed by atoms with Crippen molar-refractivity contribution in [2.75, 3.05) is 0 Å². The highest BCUT2D eigenvalue weighted by molar-refractivity contribution is 5.94. The van der Waals surface area contributed by atoms with Crippen molar-refractivity contribution in [2.45, 2.75) is 58.5 Å². The second kappa shape index (κ2) is 8.60. The summed E-state index contributed by atoms with van der Waals surface area (Å²) in [5, 5.41) is 4.15. The van der Waals surface area contributed by atoms with Gasteiger partial charge in [-0.3, -0.25) is 4.79 Å². The van der Waals surface area contributed by atoms with Gasteiger partial charge in [-0.2, -0.15) is 4.98 Å². The van der Waals surface area contributed by atoms with Gasteiger partial charge in [0.2, 0.25) is 11.7 Å². The van der Waals surface area contributed by atoms with Gasteiger partial charge in [0, 0.05) is 17.2 Å². The lowest BCUT2D eigenvalue weighted by molar-refractivity contribution is 0.0586. The third-order valence-electron chi connectivity index (χ3n) is 5.62. The Bertz CT molecular complexity index is 972. The predicted octanol–water partition coefficient (Wildman–Crippen LogP) is 5.33. The molecule has 0 atom stereocenters. The minimum atomic E-state index is 0.0344. The molecule has 0 saturated heterocycles. The number of aryl methyl sites for hydroxylation is 2. The highest BCUT2D eigenvalue weighted by Gasteiger charge is 2.28. The van der Waals surface area contributed by atoms with Gasteiger partial charge in [0.05, 0.1) is 0 Å². The van der Waals surface area contributed by atoms with Crippen LogP contribution in [0.3, 0.4) is 0 Å². The summed E-state index contributed by atoms with van der Waals surface area (Å²) in [5.74, 6) is 1.08. The van der Waals surface area contributed by atoms with Crippen LogP contribution in [0.5, 0.6) is 0 Å². The Labute approximate surface area is 171 Å². The molecule has 1 aliphatic rings. The molecule has 4 rings (SSSR count). The molecular formula is C24H27N3O2. The van der Waals surface area contributed by atoms with Crippen molar-refractivity contribution in [3.8, 4) is 11.4 Å². The minimum Gasteiger partial charge on any atom is -0.337 e. The Morgan fingerprint density at radius 2 is 1.79 bits per heavy atom. The number of benzene rings is 2. The first-order valence-electron chi connectivity index (χ1n) is 10.4. The second-order valence-corrected chi connectivity index (χ2v) is 7.97. The molecular weight excluding hydrogens is 362 g/mol. The molecule has 0 radical (unpaired) electrons. The Morgan fingerprint density at radius 3 is 2.52 bits per heavy atom. The number of hydrogen-bond acceptors (Lipinski definition) is 4. The van der Waals surface area contributed by atoms with Gasteiger partial charge in [-0.25, -0.2) is 0 Å². The van der Waals surface area contributed by atoms with E-state index < -0.39 is 0 Å². The molecule has 2 aromatic carbocycles. The molecule has 1 fully saturated rings. The maximum absolute atomic E-state index is 13.3. The van der Waals surface area contributed by atoms with Crippen molar-refractivity contribution in [2.24, 2.45) is 0 Å². The molecule has 1 amide bonds. The molecule has 29 heavy (non-hydrogen) atoms. The van der Waals surface area contributed by atoms with E-state index in [9.17, 15) is 4.79 Å². The molecule has 1 saturated carbocycles. The van der Waals surface area contributed by atoms with Crippen LogP contribution in [-0.4, -0.2) is 27.0 Å². The molecule has 0 spiro atoms. The molecule has 1 aromatic heterocycles. The number of carbonyl (C=O) groups is 1. The maximum atomic E-state index is 13.3. The molecule has 5 heteroatoms. The molecule has 1 aliphatic carbocycles. The van der Waals surface area contributed by atoms with E-state index in [4.69, 9.17) is 4.52 Å². The molecule has 3 aromatic rings. The number of carbonyl (C=O) groups excluding carboxylic acids is 1. The van der Waals surface area contributed by atoms with Gasteiger partial charge in [-0.15, -0.1) is 0 Å². The van der Waals surface area contributed by atoms with Crippen molar-refractivity contribution in [1.82, 2.24) is 15.0 Å². The second-order valence-electron chi connectivity index (χ2n) is 7.97. The molecule has 1 heterocycles. The topological polar surface area (TPSA) is 59.2 Å². The third kappa shape index (κ3) is 4.56. The van der Waals surface area contributed by atoms with E-state index in [1.54, 1.807) is 0 Å². The lowest BCUT2D eigenvalue weighted by atomic mass is 9.93. The van der Waals surface area contributed by atoms with E-state index in [2.05, 4.69) is 10.1 Å². The largest absolute Gasteiger partial charge is 0.337 e. The molecule has 0 N–H and O–H groups in total. The summed E-state index contributed by atoms with van der Waals surface area (Å²) in [7, 11) is 0. The Kier molecular flexibility index (Phi) is 5.74. The van der Waals surface area contributed by atoms with Crippen LogP contribution in [-0.2, 0) is 6.54 Å². The van der Waals surface area contributed by atoms with Gasteiger partial charge >= 0.3 is 0 Å². The summed E-state index contributed by atoms with van der Waals surface area (Å²) in [6, 6.07) is 16.0. The van der Waals surface area contributed by atoms with E-state index in [-0.39, 0.29) is 11.9 Å². The molecule has 150 valence electrons. The van der Waals surface area contributed by atoms with Crippen molar-refractivity contribution in [1.29, 1.82) is 0 Å². The van der Waals surface area contributed by atoms with Crippen LogP contribution in [0.1, 0.15) is 59.5 Å². The summed E-state index contributed by atoms with van der Waals surface area (Å²) in [6.07, 6.45) is 5.59. The Morgan fingerprint density at radius 1 is 1.03 bits per heavy atom. The zero-order chi connectivity index (χ0) is 20.2. The molecule has 0 aliphatic heterocycles. The van der Waals surface area contributed by atoms with E-state index in [1.165, 1.54) is 6.42 Å². The van der Waals surface area contributed by atoms with E-state index in [0.29, 0.717) is 23.8 Å². The van der Waals surface area contributed by atoms with Gasteiger partial charge in [0.25, 0.3) is 5.91 Å². The van der Waals surface area contributed by atoms with Gasteiger partial charge in [0.15, 0.2) is 0 Å². The summed E-state index contributed by atoms with van der Waals surface area (Å²) >= 11 is 0. The zero-order valence-electron chi connectivity index (χ0n) is 17.1. The fourth-order valence-corrected chi connectivity index (χ4v) is 3.99. The lowest BCUT2D eigenvalue weighted by Gasteiger charge is -2.33. The van der Waals surface area contributed by atoms with Crippen molar-refractivity contribution < 1.29 is 9.32 Å². The average Bonchev–Trinajstić information content (AvgIpc) is 3.21. The van der Waals surface area contributed by atoms with Gasteiger partial charge in [-0.1, -0.05) is 65.9 Å². The molecule has 0 unspecified atom stereocenters. The van der Waals surface area contributed by atoms with E-state index in [1.807, 2.05) is 67.3 Å². The maximum Gasteiger partial charge on any atom is 0.254 e.